The molecule has 39 heavy (non-hydrogen) atoms. The van der Waals surface area contributed by atoms with E-state index in [-0.39, 0.29) is 11.3 Å². The summed E-state index contributed by atoms with van der Waals surface area (Å²) in [6, 6.07) is 9.35. The minimum Gasteiger partial charge on any atom is -0.507 e. The van der Waals surface area contributed by atoms with Crippen LogP contribution in [0.1, 0.15) is 34.6 Å². The van der Waals surface area contributed by atoms with E-state index in [9.17, 15) is 14.7 Å². The van der Waals surface area contributed by atoms with Gasteiger partial charge >= 0.3 is 5.97 Å². The zero-order valence-electron chi connectivity index (χ0n) is 22.7. The fourth-order valence-corrected chi connectivity index (χ4v) is 3.14. The van der Waals surface area contributed by atoms with E-state index in [0.717, 1.165) is 0 Å². The molecule has 1 amide bonds. The number of esters is 1. The predicted molar refractivity (Wildman–Crippen MR) is 140 cm³/mol. The number of ether oxygens (including phenoxy) is 8. The number of primary amides is 1. The van der Waals surface area contributed by atoms with Crippen LogP contribution in [0.25, 0.3) is 0 Å². The lowest BCUT2D eigenvalue weighted by Gasteiger charge is -2.31. The molecule has 3 rings (SSSR count). The number of nitrogens with two attached hydrogens (primary N) is 1. The summed E-state index contributed by atoms with van der Waals surface area (Å²) in [6.45, 7) is 7.15. The lowest BCUT2D eigenvalue weighted by Crippen LogP contribution is -2.38. The number of carbonyl (C=O) groups is 2. The van der Waals surface area contributed by atoms with E-state index in [1.54, 1.807) is 52.3 Å². The monoisotopic (exact) mass is 551 g/mol. The summed E-state index contributed by atoms with van der Waals surface area (Å²) in [6.07, 6.45) is 0. The predicted octanol–water partition coefficient (Wildman–Crippen LogP) is 2.55. The van der Waals surface area contributed by atoms with Crippen LogP contribution in [-0.2, 0) is 23.7 Å². The summed E-state index contributed by atoms with van der Waals surface area (Å²) >= 11 is 0. The Morgan fingerprint density at radius 1 is 0.821 bits per heavy atom. The molecule has 1 aliphatic heterocycles. The quantitative estimate of drug-likeness (QED) is 0.248. The summed E-state index contributed by atoms with van der Waals surface area (Å²) in [5.41, 5.74) is 5.53. The van der Waals surface area contributed by atoms with Gasteiger partial charge in [-0.15, -0.1) is 0 Å². The third-order valence-corrected chi connectivity index (χ3v) is 4.96. The second-order valence-electron chi connectivity index (χ2n) is 8.50. The van der Waals surface area contributed by atoms with Gasteiger partial charge in [-0.2, -0.15) is 0 Å². The van der Waals surface area contributed by atoms with Gasteiger partial charge in [0.15, 0.2) is 0 Å². The van der Waals surface area contributed by atoms with Gasteiger partial charge in [-0.3, -0.25) is 4.79 Å². The largest absolute Gasteiger partial charge is 0.507 e. The lowest BCUT2D eigenvalue weighted by atomic mass is 10.1. The highest BCUT2D eigenvalue weighted by Gasteiger charge is 2.33. The van der Waals surface area contributed by atoms with Gasteiger partial charge in [0.05, 0.1) is 45.2 Å². The fraction of sp³-hybridized carbons (Fsp3) is 0.481. The molecule has 0 spiro atoms. The van der Waals surface area contributed by atoms with Crippen molar-refractivity contribution in [2.75, 3.05) is 67.1 Å². The Bertz CT molecular complexity index is 1060. The molecule has 2 aromatic carbocycles. The minimum atomic E-state index is -0.966. The Kier molecular flexibility index (Phi) is 13.3. The van der Waals surface area contributed by atoms with Crippen LogP contribution in [0, 0.1) is 0 Å². The van der Waals surface area contributed by atoms with Gasteiger partial charge in [0.1, 0.15) is 41.8 Å². The Morgan fingerprint density at radius 2 is 1.36 bits per heavy atom. The third kappa shape index (κ3) is 11.4. The van der Waals surface area contributed by atoms with Crippen molar-refractivity contribution >= 4 is 11.9 Å². The highest BCUT2D eigenvalue weighted by Crippen LogP contribution is 2.34. The van der Waals surface area contributed by atoms with Crippen LogP contribution < -0.4 is 19.9 Å². The van der Waals surface area contributed by atoms with Crippen molar-refractivity contribution in [2.24, 2.45) is 5.73 Å². The van der Waals surface area contributed by atoms with E-state index in [4.69, 9.17) is 43.6 Å². The number of methoxy groups -OCH3 is 2. The first kappa shape index (κ1) is 31.6. The van der Waals surface area contributed by atoms with E-state index < -0.39 is 17.7 Å². The number of phenols is 1. The van der Waals surface area contributed by atoms with Gasteiger partial charge in [-0.05, 0) is 24.3 Å². The normalized spacial score (nSPS) is 13.3. The molecule has 2 aromatic rings. The summed E-state index contributed by atoms with van der Waals surface area (Å²) in [5.74, 6) is -0.694. The average molecular weight is 552 g/mol. The first-order valence-electron chi connectivity index (χ1n) is 12.2. The first-order chi connectivity index (χ1) is 18.7. The number of amides is 1. The van der Waals surface area contributed by atoms with Gasteiger partial charge < -0.3 is 48.7 Å². The van der Waals surface area contributed by atoms with Gasteiger partial charge in [0.2, 0.25) is 5.79 Å². The highest BCUT2D eigenvalue weighted by molar-refractivity contribution is 5.95. The van der Waals surface area contributed by atoms with Gasteiger partial charge in [0.25, 0.3) is 5.91 Å². The van der Waals surface area contributed by atoms with E-state index in [0.29, 0.717) is 75.7 Å². The number of aromatic hydroxyl groups is 1. The van der Waals surface area contributed by atoms with E-state index >= 15 is 0 Å². The Balaban J connectivity index is 0.000000277. The Morgan fingerprint density at radius 3 is 1.90 bits per heavy atom. The standard InChI is InChI=1S/C15H20O6.C12H17NO5/c1-15(2)20-13-10-11(4-5-12(13)14(16)21-15)19-9-8-18-7-6-17-3;1-16-4-5-17-6-7-18-9-2-3-10(12(13)15)11(14)8-9/h4-5,10H,6-9H2,1-3H3;2-3,8,14H,4-7H2,1H3,(H2,13,15). The highest BCUT2D eigenvalue weighted by atomic mass is 16.7. The van der Waals surface area contributed by atoms with Crippen LogP contribution >= 0.6 is 0 Å². The smallest absolute Gasteiger partial charge is 0.345 e. The van der Waals surface area contributed by atoms with Crippen LogP contribution in [-0.4, -0.2) is 89.8 Å². The lowest BCUT2D eigenvalue weighted by molar-refractivity contribution is -0.127. The first-order valence-corrected chi connectivity index (χ1v) is 12.2. The molecule has 0 saturated carbocycles. The SMILES string of the molecule is COCCOCCOc1ccc(C(N)=O)c(O)c1.COCCOCCOc1ccc2c(c1)OC(C)(C)OC2=O. The van der Waals surface area contributed by atoms with Crippen molar-refractivity contribution in [3.8, 4) is 23.0 Å². The van der Waals surface area contributed by atoms with Crippen LogP contribution in [0.5, 0.6) is 23.0 Å². The number of rotatable bonds is 15. The van der Waals surface area contributed by atoms with Crippen molar-refractivity contribution in [2.45, 2.75) is 19.6 Å². The van der Waals surface area contributed by atoms with Gasteiger partial charge in [-0.1, -0.05) is 0 Å². The molecule has 0 radical (unpaired) electrons. The van der Waals surface area contributed by atoms with Crippen LogP contribution in [0.15, 0.2) is 36.4 Å². The maximum absolute atomic E-state index is 11.8. The van der Waals surface area contributed by atoms with E-state index in [1.807, 2.05) is 0 Å². The molecular formula is C27H37NO11. The Hall–Kier alpha value is -3.58. The van der Waals surface area contributed by atoms with Crippen LogP contribution in [0.3, 0.4) is 0 Å². The summed E-state index contributed by atoms with van der Waals surface area (Å²) < 4.78 is 41.8. The van der Waals surface area contributed by atoms with E-state index in [1.165, 1.54) is 12.1 Å². The molecule has 0 saturated heterocycles. The number of carbonyl (C=O) groups excluding carboxylic acids is 2. The molecule has 12 nitrogen and oxygen atoms in total. The van der Waals surface area contributed by atoms with Crippen molar-refractivity contribution in [1.29, 1.82) is 0 Å². The van der Waals surface area contributed by atoms with Gasteiger partial charge in [0, 0.05) is 40.2 Å². The minimum absolute atomic E-state index is 0.0682. The number of benzene rings is 2. The van der Waals surface area contributed by atoms with Crippen molar-refractivity contribution in [3.63, 3.8) is 0 Å². The van der Waals surface area contributed by atoms with E-state index in [2.05, 4.69) is 0 Å². The molecule has 0 atom stereocenters. The fourth-order valence-electron chi connectivity index (χ4n) is 3.14. The molecule has 0 aromatic heterocycles. The summed E-state index contributed by atoms with van der Waals surface area (Å²) in [4.78, 5) is 22.7. The van der Waals surface area contributed by atoms with Crippen LogP contribution in [0.4, 0.5) is 0 Å². The maximum atomic E-state index is 11.8. The maximum Gasteiger partial charge on any atom is 0.345 e. The summed E-state index contributed by atoms with van der Waals surface area (Å²) in [7, 11) is 3.22. The van der Waals surface area contributed by atoms with Crippen molar-refractivity contribution in [1.82, 2.24) is 0 Å². The molecule has 0 unspecified atom stereocenters. The number of cyclic esters (lactones) is 1. The molecule has 0 bridgehead atoms. The Labute approximate surface area is 227 Å². The third-order valence-electron chi connectivity index (χ3n) is 4.96. The number of hydrogen-bond donors (Lipinski definition) is 2. The zero-order chi connectivity index (χ0) is 28.7. The molecule has 1 aliphatic rings. The molecule has 1 heterocycles. The zero-order valence-corrected chi connectivity index (χ0v) is 22.7. The molecule has 0 aliphatic carbocycles. The van der Waals surface area contributed by atoms with Crippen molar-refractivity contribution in [3.05, 3.63) is 47.5 Å². The molecule has 0 fully saturated rings. The molecule has 12 heteroatoms. The average Bonchev–Trinajstić information content (AvgIpc) is 2.87. The summed E-state index contributed by atoms with van der Waals surface area (Å²) in [5, 5.41) is 9.51. The number of fused-ring (bicyclic) bond motifs is 1. The molecular weight excluding hydrogens is 514 g/mol. The van der Waals surface area contributed by atoms with Crippen molar-refractivity contribution < 1.29 is 52.6 Å². The second-order valence-corrected chi connectivity index (χ2v) is 8.50. The second kappa shape index (κ2) is 16.4. The molecule has 3 N–H and O–H groups in total. The topological polar surface area (TPSA) is 154 Å². The number of hydrogen-bond acceptors (Lipinski definition) is 11. The molecule has 216 valence electrons. The van der Waals surface area contributed by atoms with Gasteiger partial charge in [-0.25, -0.2) is 4.79 Å². The van der Waals surface area contributed by atoms with Crippen LogP contribution in [0.2, 0.25) is 0 Å².